The lowest BCUT2D eigenvalue weighted by Gasteiger charge is -2.19. The maximum absolute atomic E-state index is 11.5. The first-order chi connectivity index (χ1) is 8.11. The summed E-state index contributed by atoms with van der Waals surface area (Å²) in [6.45, 7) is 1.96. The number of amides is 1. The Kier molecular flexibility index (Phi) is 3.08. The topological polar surface area (TPSA) is 96.5 Å². The van der Waals surface area contributed by atoms with Crippen LogP contribution in [0.5, 0.6) is 0 Å². The molecule has 2 heterocycles. The van der Waals surface area contributed by atoms with E-state index < -0.39 is 12.0 Å². The minimum absolute atomic E-state index is 0.0722. The van der Waals surface area contributed by atoms with E-state index in [4.69, 9.17) is 9.63 Å². The first-order valence-corrected chi connectivity index (χ1v) is 5.45. The van der Waals surface area contributed by atoms with Crippen molar-refractivity contribution < 1.29 is 19.2 Å². The average Bonchev–Trinajstić information content (AvgIpc) is 2.87. The summed E-state index contributed by atoms with van der Waals surface area (Å²) in [6.07, 6.45) is 1.23. The van der Waals surface area contributed by atoms with Crippen molar-refractivity contribution in [3.05, 3.63) is 11.7 Å². The highest BCUT2D eigenvalue weighted by Gasteiger charge is 2.36. The van der Waals surface area contributed by atoms with Crippen LogP contribution in [0.3, 0.4) is 0 Å². The van der Waals surface area contributed by atoms with Gasteiger partial charge in [0.15, 0.2) is 5.82 Å². The lowest BCUT2D eigenvalue weighted by Crippen LogP contribution is -2.38. The first kappa shape index (κ1) is 11.6. The predicted octanol–water partition coefficient (Wildman–Crippen LogP) is 0.208. The minimum atomic E-state index is -0.994. The predicted molar refractivity (Wildman–Crippen MR) is 54.9 cm³/mol. The number of hydrogen-bond acceptors (Lipinski definition) is 5. The Balaban J connectivity index is 2.10. The molecule has 0 aromatic carbocycles. The quantitative estimate of drug-likeness (QED) is 0.806. The Hall–Kier alpha value is -1.92. The lowest BCUT2D eigenvalue weighted by molar-refractivity contribution is -0.146. The highest BCUT2D eigenvalue weighted by molar-refractivity contribution is 5.87. The van der Waals surface area contributed by atoms with Gasteiger partial charge in [-0.2, -0.15) is 4.98 Å². The Morgan fingerprint density at radius 3 is 3.00 bits per heavy atom. The molecule has 7 nitrogen and oxygen atoms in total. The maximum atomic E-state index is 11.5. The zero-order valence-electron chi connectivity index (χ0n) is 9.42. The molecule has 7 heteroatoms. The molecule has 1 aromatic heterocycles. The second-order valence-electron chi connectivity index (χ2n) is 3.87. The Morgan fingerprint density at radius 1 is 1.65 bits per heavy atom. The molecular formula is C10H13N3O4. The first-order valence-electron chi connectivity index (χ1n) is 5.45. The summed E-state index contributed by atoms with van der Waals surface area (Å²) in [5.74, 6) is -0.346. The summed E-state index contributed by atoms with van der Waals surface area (Å²) in [5.41, 5.74) is 0. The molecule has 1 aliphatic heterocycles. The molecule has 0 aliphatic carbocycles. The Bertz CT molecular complexity index is 443. The number of aryl methyl sites for hydroxylation is 1. The smallest absolute Gasteiger partial charge is 0.326 e. The highest BCUT2D eigenvalue weighted by atomic mass is 16.5. The number of carbonyl (C=O) groups excluding carboxylic acids is 1. The molecule has 17 heavy (non-hydrogen) atoms. The van der Waals surface area contributed by atoms with Crippen molar-refractivity contribution in [1.29, 1.82) is 0 Å². The van der Waals surface area contributed by atoms with Crippen LogP contribution < -0.4 is 0 Å². The van der Waals surface area contributed by atoms with E-state index in [2.05, 4.69) is 10.1 Å². The van der Waals surface area contributed by atoms with Crippen molar-refractivity contribution in [2.75, 3.05) is 0 Å². The molecule has 1 amide bonds. The number of hydrogen-bond donors (Lipinski definition) is 1. The molecule has 1 aromatic rings. The summed E-state index contributed by atoms with van der Waals surface area (Å²) < 4.78 is 4.95. The van der Waals surface area contributed by atoms with Crippen LogP contribution in [-0.4, -0.2) is 38.1 Å². The number of rotatable bonds is 4. The maximum Gasteiger partial charge on any atom is 0.326 e. The van der Waals surface area contributed by atoms with Gasteiger partial charge in [0, 0.05) is 12.8 Å². The van der Waals surface area contributed by atoms with E-state index in [9.17, 15) is 9.59 Å². The van der Waals surface area contributed by atoms with Crippen LogP contribution in [0.4, 0.5) is 0 Å². The van der Waals surface area contributed by atoms with Crippen LogP contribution in [0.1, 0.15) is 31.5 Å². The van der Waals surface area contributed by atoms with Crippen molar-refractivity contribution in [3.63, 3.8) is 0 Å². The van der Waals surface area contributed by atoms with Gasteiger partial charge in [-0.1, -0.05) is 12.1 Å². The number of carbonyl (C=O) groups is 2. The van der Waals surface area contributed by atoms with Crippen LogP contribution in [-0.2, 0) is 22.6 Å². The molecule has 92 valence electrons. The molecule has 0 bridgehead atoms. The van der Waals surface area contributed by atoms with Gasteiger partial charge in [0.05, 0.1) is 0 Å². The van der Waals surface area contributed by atoms with Gasteiger partial charge in [-0.15, -0.1) is 0 Å². The van der Waals surface area contributed by atoms with E-state index >= 15 is 0 Å². The molecular weight excluding hydrogens is 226 g/mol. The van der Waals surface area contributed by atoms with Crippen molar-refractivity contribution in [1.82, 2.24) is 15.0 Å². The van der Waals surface area contributed by atoms with E-state index in [1.54, 1.807) is 0 Å². The molecule has 0 spiro atoms. The van der Waals surface area contributed by atoms with Gasteiger partial charge in [0.1, 0.15) is 12.6 Å². The lowest BCUT2D eigenvalue weighted by atomic mass is 10.2. The number of nitrogens with zero attached hydrogens (tertiary/aromatic N) is 3. The Labute approximate surface area is 97.4 Å². The van der Waals surface area contributed by atoms with E-state index in [1.165, 1.54) is 4.90 Å². The highest BCUT2D eigenvalue weighted by Crippen LogP contribution is 2.21. The largest absolute Gasteiger partial charge is 0.480 e. The van der Waals surface area contributed by atoms with Crippen LogP contribution >= 0.6 is 0 Å². The number of carboxylic acids is 1. The Morgan fingerprint density at radius 2 is 2.41 bits per heavy atom. The van der Waals surface area contributed by atoms with Gasteiger partial charge in [-0.05, 0) is 6.42 Å². The SMILES string of the molecule is CCc1noc(CN2C(=O)CCC2C(=O)O)n1. The third-order valence-electron chi connectivity index (χ3n) is 2.75. The molecule has 2 rings (SSSR count). The zero-order chi connectivity index (χ0) is 12.4. The number of aromatic nitrogens is 2. The van der Waals surface area contributed by atoms with E-state index in [-0.39, 0.29) is 24.8 Å². The van der Waals surface area contributed by atoms with Gasteiger partial charge in [-0.25, -0.2) is 4.79 Å². The number of carboxylic acid groups (broad SMARTS) is 1. The van der Waals surface area contributed by atoms with Gasteiger partial charge in [0.2, 0.25) is 11.8 Å². The fourth-order valence-corrected chi connectivity index (χ4v) is 1.83. The zero-order valence-corrected chi connectivity index (χ0v) is 9.42. The monoisotopic (exact) mass is 239 g/mol. The van der Waals surface area contributed by atoms with E-state index in [0.717, 1.165) is 0 Å². The molecule has 1 unspecified atom stereocenters. The summed E-state index contributed by atoms with van der Waals surface area (Å²) in [6, 6.07) is -0.778. The van der Waals surface area contributed by atoms with Crippen LogP contribution in [0.15, 0.2) is 4.52 Å². The third kappa shape index (κ3) is 2.27. The van der Waals surface area contributed by atoms with Crippen LogP contribution in [0.25, 0.3) is 0 Å². The summed E-state index contributed by atoms with van der Waals surface area (Å²) >= 11 is 0. The normalized spacial score (nSPS) is 19.9. The fourth-order valence-electron chi connectivity index (χ4n) is 1.83. The molecule has 0 saturated carbocycles. The minimum Gasteiger partial charge on any atom is -0.480 e. The second-order valence-corrected chi connectivity index (χ2v) is 3.87. The van der Waals surface area contributed by atoms with Gasteiger partial charge in [0.25, 0.3) is 0 Å². The van der Waals surface area contributed by atoms with Gasteiger partial charge >= 0.3 is 5.97 Å². The molecule has 0 radical (unpaired) electrons. The number of aliphatic carboxylic acids is 1. The molecule has 1 atom stereocenters. The van der Waals surface area contributed by atoms with E-state index in [0.29, 0.717) is 18.7 Å². The summed E-state index contributed by atoms with van der Waals surface area (Å²) in [5, 5.41) is 12.7. The standard InChI is InChI=1S/C10H13N3O4/c1-2-7-11-8(17-12-7)5-13-6(10(15)16)3-4-9(13)14/h6H,2-5H2,1H3,(H,15,16). The summed E-state index contributed by atoms with van der Waals surface area (Å²) in [4.78, 5) is 27.8. The van der Waals surface area contributed by atoms with Crippen molar-refractivity contribution in [2.45, 2.75) is 38.8 Å². The summed E-state index contributed by atoms with van der Waals surface area (Å²) in [7, 11) is 0. The molecule has 1 fully saturated rings. The average molecular weight is 239 g/mol. The van der Waals surface area contributed by atoms with Crippen molar-refractivity contribution in [3.8, 4) is 0 Å². The van der Waals surface area contributed by atoms with Crippen LogP contribution in [0, 0.1) is 0 Å². The number of likely N-dealkylation sites (tertiary alicyclic amines) is 1. The van der Waals surface area contributed by atoms with Gasteiger partial charge in [-0.3, -0.25) is 4.79 Å². The fraction of sp³-hybridized carbons (Fsp3) is 0.600. The van der Waals surface area contributed by atoms with E-state index in [1.807, 2.05) is 6.92 Å². The molecule has 1 N–H and O–H groups in total. The molecule has 1 aliphatic rings. The molecule has 1 saturated heterocycles. The van der Waals surface area contributed by atoms with Crippen molar-refractivity contribution in [2.24, 2.45) is 0 Å². The van der Waals surface area contributed by atoms with Crippen LogP contribution in [0.2, 0.25) is 0 Å². The second kappa shape index (κ2) is 4.52. The van der Waals surface area contributed by atoms with Crippen molar-refractivity contribution >= 4 is 11.9 Å². The third-order valence-corrected chi connectivity index (χ3v) is 2.75. The van der Waals surface area contributed by atoms with Gasteiger partial charge < -0.3 is 14.5 Å².